The standard InChI is InChI=1S/C22H25N3O3S2/c26-22(23-12-15-29-21-16-24-20-7-3-2-6-19(20)21)17-8-10-18(11-9-17)30(27,28)25-13-4-1-5-14-25/h2-3,6-11,16,24H,1,4-5,12-15H2,(H,23,26). The molecule has 158 valence electrons. The van der Waals surface area contributed by atoms with E-state index in [0.717, 1.165) is 35.4 Å². The van der Waals surface area contributed by atoms with Gasteiger partial charge >= 0.3 is 0 Å². The highest BCUT2D eigenvalue weighted by Crippen LogP contribution is 2.27. The fourth-order valence-corrected chi connectivity index (χ4v) is 6.04. The number of rotatable bonds is 7. The van der Waals surface area contributed by atoms with Gasteiger partial charge in [-0.3, -0.25) is 4.79 Å². The van der Waals surface area contributed by atoms with E-state index in [0.29, 0.717) is 25.2 Å². The third kappa shape index (κ3) is 4.55. The smallest absolute Gasteiger partial charge is 0.251 e. The second-order valence-corrected chi connectivity index (χ2v) is 10.4. The van der Waals surface area contributed by atoms with Crippen LogP contribution in [-0.4, -0.2) is 49.0 Å². The van der Waals surface area contributed by atoms with E-state index in [1.54, 1.807) is 23.9 Å². The van der Waals surface area contributed by atoms with Gasteiger partial charge in [-0.2, -0.15) is 4.31 Å². The largest absolute Gasteiger partial charge is 0.360 e. The lowest BCUT2D eigenvalue weighted by Crippen LogP contribution is -2.35. The Morgan fingerprint density at radius 1 is 1.03 bits per heavy atom. The van der Waals surface area contributed by atoms with Crippen molar-refractivity contribution in [1.82, 2.24) is 14.6 Å². The Kier molecular flexibility index (Phi) is 6.46. The molecule has 1 aliphatic rings. The highest BCUT2D eigenvalue weighted by molar-refractivity contribution is 7.99. The van der Waals surface area contributed by atoms with Crippen LogP contribution in [0.25, 0.3) is 10.9 Å². The van der Waals surface area contributed by atoms with Gasteiger partial charge in [-0.15, -0.1) is 11.8 Å². The number of H-pyrrole nitrogens is 1. The Labute approximate surface area is 181 Å². The Bertz CT molecular complexity index is 1120. The van der Waals surface area contributed by atoms with E-state index in [1.165, 1.54) is 21.8 Å². The number of piperidine rings is 1. The number of benzene rings is 2. The molecule has 0 saturated carbocycles. The predicted molar refractivity (Wildman–Crippen MR) is 120 cm³/mol. The number of para-hydroxylation sites is 1. The van der Waals surface area contributed by atoms with E-state index < -0.39 is 10.0 Å². The molecule has 1 saturated heterocycles. The van der Waals surface area contributed by atoms with Crippen molar-refractivity contribution in [2.45, 2.75) is 29.1 Å². The first-order valence-electron chi connectivity index (χ1n) is 10.1. The number of hydrogen-bond acceptors (Lipinski definition) is 4. The van der Waals surface area contributed by atoms with Crippen LogP contribution in [0.1, 0.15) is 29.6 Å². The fourth-order valence-electron chi connectivity index (χ4n) is 3.62. The molecular weight excluding hydrogens is 418 g/mol. The Balaban J connectivity index is 1.30. The zero-order chi connectivity index (χ0) is 21.0. The maximum atomic E-state index is 12.7. The molecule has 0 bridgehead atoms. The number of amides is 1. The van der Waals surface area contributed by atoms with E-state index in [1.807, 2.05) is 24.4 Å². The first-order valence-corrected chi connectivity index (χ1v) is 12.6. The molecule has 2 heterocycles. The molecule has 3 aromatic rings. The number of carbonyl (C=O) groups excluding carboxylic acids is 1. The molecule has 0 atom stereocenters. The lowest BCUT2D eigenvalue weighted by atomic mass is 10.2. The summed E-state index contributed by atoms with van der Waals surface area (Å²) in [6, 6.07) is 14.3. The summed E-state index contributed by atoms with van der Waals surface area (Å²) in [7, 11) is -3.47. The molecular formula is C22H25N3O3S2. The second kappa shape index (κ2) is 9.24. The summed E-state index contributed by atoms with van der Waals surface area (Å²) < 4.78 is 26.9. The topological polar surface area (TPSA) is 82.3 Å². The number of aromatic amines is 1. The normalized spacial score (nSPS) is 15.3. The lowest BCUT2D eigenvalue weighted by molar-refractivity contribution is 0.0956. The van der Waals surface area contributed by atoms with Gasteiger partial charge in [0, 0.05) is 52.9 Å². The van der Waals surface area contributed by atoms with E-state index >= 15 is 0 Å². The maximum absolute atomic E-state index is 12.7. The molecule has 4 rings (SSSR count). The van der Waals surface area contributed by atoms with Crippen LogP contribution in [0.15, 0.2) is 64.5 Å². The first kappa shape index (κ1) is 21.0. The van der Waals surface area contributed by atoms with Gasteiger partial charge in [0.25, 0.3) is 5.91 Å². The number of fused-ring (bicyclic) bond motifs is 1. The van der Waals surface area contributed by atoms with Gasteiger partial charge in [-0.25, -0.2) is 8.42 Å². The lowest BCUT2D eigenvalue weighted by Gasteiger charge is -2.25. The molecule has 1 aliphatic heterocycles. The number of nitrogens with one attached hydrogen (secondary N) is 2. The summed E-state index contributed by atoms with van der Waals surface area (Å²) in [5.41, 5.74) is 1.56. The van der Waals surface area contributed by atoms with Crippen molar-refractivity contribution in [1.29, 1.82) is 0 Å². The van der Waals surface area contributed by atoms with Gasteiger partial charge in [0.1, 0.15) is 0 Å². The number of hydrogen-bond donors (Lipinski definition) is 2. The molecule has 1 aromatic heterocycles. The molecule has 1 fully saturated rings. The van der Waals surface area contributed by atoms with Crippen molar-refractivity contribution in [3.63, 3.8) is 0 Å². The van der Waals surface area contributed by atoms with Crippen LogP contribution in [-0.2, 0) is 10.0 Å². The van der Waals surface area contributed by atoms with Crippen LogP contribution in [0.2, 0.25) is 0 Å². The van der Waals surface area contributed by atoms with Crippen molar-refractivity contribution in [2.75, 3.05) is 25.4 Å². The van der Waals surface area contributed by atoms with Gasteiger partial charge in [0.15, 0.2) is 0 Å². The molecule has 0 radical (unpaired) electrons. The SMILES string of the molecule is O=C(NCCSc1c[nH]c2ccccc12)c1ccc(S(=O)(=O)N2CCCCC2)cc1. The monoisotopic (exact) mass is 443 g/mol. The fraction of sp³-hybridized carbons (Fsp3) is 0.318. The zero-order valence-electron chi connectivity index (χ0n) is 16.6. The summed E-state index contributed by atoms with van der Waals surface area (Å²) in [5, 5.41) is 4.08. The minimum atomic E-state index is -3.47. The molecule has 0 aliphatic carbocycles. The summed E-state index contributed by atoms with van der Waals surface area (Å²) in [6.07, 6.45) is 4.86. The molecule has 0 unspecified atom stereocenters. The van der Waals surface area contributed by atoms with Gasteiger partial charge in [-0.1, -0.05) is 24.6 Å². The first-order chi connectivity index (χ1) is 14.6. The van der Waals surface area contributed by atoms with Gasteiger partial charge in [0.05, 0.1) is 4.90 Å². The number of nitrogens with zero attached hydrogens (tertiary/aromatic N) is 1. The minimum Gasteiger partial charge on any atom is -0.360 e. The third-order valence-corrected chi connectivity index (χ3v) is 8.24. The van der Waals surface area contributed by atoms with Crippen LogP contribution >= 0.6 is 11.8 Å². The number of thioether (sulfide) groups is 1. The summed E-state index contributed by atoms with van der Waals surface area (Å²) in [5.74, 6) is 0.547. The van der Waals surface area contributed by atoms with E-state index in [-0.39, 0.29) is 10.8 Å². The Morgan fingerprint density at radius 3 is 2.53 bits per heavy atom. The summed E-state index contributed by atoms with van der Waals surface area (Å²) >= 11 is 1.68. The average Bonchev–Trinajstić information content (AvgIpc) is 3.20. The van der Waals surface area contributed by atoms with Crippen molar-refractivity contribution < 1.29 is 13.2 Å². The quantitative estimate of drug-likeness (QED) is 0.429. The van der Waals surface area contributed by atoms with Crippen molar-refractivity contribution >= 4 is 38.6 Å². The van der Waals surface area contributed by atoms with Crippen LogP contribution in [0, 0.1) is 0 Å². The van der Waals surface area contributed by atoms with Gasteiger partial charge in [-0.05, 0) is 43.2 Å². The molecule has 1 amide bonds. The second-order valence-electron chi connectivity index (χ2n) is 7.29. The molecule has 8 heteroatoms. The Hall–Kier alpha value is -2.29. The van der Waals surface area contributed by atoms with E-state index in [2.05, 4.69) is 16.4 Å². The van der Waals surface area contributed by atoms with Crippen LogP contribution in [0.3, 0.4) is 0 Å². The maximum Gasteiger partial charge on any atom is 0.251 e. The number of sulfonamides is 1. The van der Waals surface area contributed by atoms with Gasteiger partial charge < -0.3 is 10.3 Å². The summed E-state index contributed by atoms with van der Waals surface area (Å²) in [6.45, 7) is 1.66. The molecule has 6 nitrogen and oxygen atoms in total. The molecule has 2 N–H and O–H groups in total. The van der Waals surface area contributed by atoms with Crippen molar-refractivity contribution in [2.24, 2.45) is 0 Å². The zero-order valence-corrected chi connectivity index (χ0v) is 18.3. The highest BCUT2D eigenvalue weighted by atomic mass is 32.2. The van der Waals surface area contributed by atoms with Crippen LogP contribution in [0.5, 0.6) is 0 Å². The van der Waals surface area contributed by atoms with Crippen molar-refractivity contribution in [3.8, 4) is 0 Å². The van der Waals surface area contributed by atoms with Crippen LogP contribution < -0.4 is 5.32 Å². The number of carbonyl (C=O) groups is 1. The highest BCUT2D eigenvalue weighted by Gasteiger charge is 2.25. The third-order valence-electron chi connectivity index (χ3n) is 5.27. The molecule has 30 heavy (non-hydrogen) atoms. The van der Waals surface area contributed by atoms with E-state index in [9.17, 15) is 13.2 Å². The van der Waals surface area contributed by atoms with Crippen molar-refractivity contribution in [3.05, 3.63) is 60.3 Å². The minimum absolute atomic E-state index is 0.198. The average molecular weight is 444 g/mol. The molecule has 0 spiro atoms. The van der Waals surface area contributed by atoms with Crippen LogP contribution in [0.4, 0.5) is 0 Å². The van der Waals surface area contributed by atoms with E-state index in [4.69, 9.17) is 0 Å². The van der Waals surface area contributed by atoms with Gasteiger partial charge in [0.2, 0.25) is 10.0 Å². The molecule has 2 aromatic carbocycles. The summed E-state index contributed by atoms with van der Waals surface area (Å²) in [4.78, 5) is 17.0. The predicted octanol–water partition coefficient (Wildman–Crippen LogP) is 3.86. The number of aromatic nitrogens is 1. The Morgan fingerprint density at radius 2 is 1.77 bits per heavy atom.